The second kappa shape index (κ2) is 36.7. The van der Waals surface area contributed by atoms with Crippen molar-refractivity contribution in [3.05, 3.63) is 80.6 Å². The van der Waals surface area contributed by atoms with Crippen LogP contribution in [-0.4, -0.2) is 139 Å². The molecule has 0 aliphatic heterocycles. The first-order valence-corrected chi connectivity index (χ1v) is 28.3. The van der Waals surface area contributed by atoms with Gasteiger partial charge in [-0.05, 0) is 71.0 Å². The summed E-state index contributed by atoms with van der Waals surface area (Å²) in [5.41, 5.74) is 13.9. The maximum absolute atomic E-state index is 13.9. The molecule has 1 unspecified atom stereocenters. The highest BCUT2D eigenvalue weighted by atomic mass is 32.1. The second-order valence-corrected chi connectivity index (χ2v) is 18.1. The topological polar surface area (TPSA) is 287 Å². The minimum absolute atomic E-state index is 0.0623. The number of nitrogens with two attached hydrogens (primary N) is 2. The van der Waals surface area contributed by atoms with E-state index in [4.69, 9.17) is 25.2 Å². The highest BCUT2D eigenvalue weighted by Crippen LogP contribution is 2.33. The number of methoxy groups -OCH3 is 1. The Bertz CT molecular complexity index is 3000. The molecule has 0 fully saturated rings. The Morgan fingerprint density at radius 1 is 0.775 bits per heavy atom. The van der Waals surface area contributed by atoms with Gasteiger partial charge in [-0.2, -0.15) is 17.7 Å². The highest BCUT2D eigenvalue weighted by Gasteiger charge is 2.24. The third kappa shape index (κ3) is 19.1. The van der Waals surface area contributed by atoms with Crippen molar-refractivity contribution in [1.29, 1.82) is 0 Å². The molecule has 0 saturated heterocycles. The van der Waals surface area contributed by atoms with Crippen LogP contribution in [0.3, 0.4) is 0 Å². The Morgan fingerprint density at radius 3 is 1.88 bits per heavy atom. The van der Waals surface area contributed by atoms with Gasteiger partial charge in [0.2, 0.25) is 29.6 Å². The molecule has 4 heterocycles. The first-order valence-electron chi connectivity index (χ1n) is 27.0. The lowest BCUT2D eigenvalue weighted by molar-refractivity contribution is -0.133. The number of benzene rings is 2. The predicted octanol–water partition coefficient (Wildman–Crippen LogP) is 8.56. The van der Waals surface area contributed by atoms with Gasteiger partial charge in [0.05, 0.1) is 46.4 Å². The number of thiazole rings is 1. The molecule has 22 nitrogen and oxygen atoms in total. The number of aromatic nitrogens is 7. The first-order chi connectivity index (χ1) is 38.5. The fourth-order valence-electron chi connectivity index (χ4n) is 7.61. The van der Waals surface area contributed by atoms with E-state index in [9.17, 15) is 33.6 Å². The van der Waals surface area contributed by atoms with E-state index in [1.54, 1.807) is 53.0 Å². The van der Waals surface area contributed by atoms with E-state index in [-0.39, 0.29) is 73.9 Å². The number of thiol groups is 1. The molecule has 5 amide bonds. The normalized spacial score (nSPS) is 10.7. The molecular weight excluding hydrogens is 1060 g/mol. The van der Waals surface area contributed by atoms with Crippen LogP contribution in [0.5, 0.6) is 11.5 Å². The fraction of sp³-hybridized carbons (Fsp3) is 0.482. The molecular formula is C56H85N13O9S2. The van der Waals surface area contributed by atoms with Gasteiger partial charge in [0.15, 0.2) is 0 Å². The molecule has 0 radical (unpaired) electrons. The zero-order chi connectivity index (χ0) is 60.8. The van der Waals surface area contributed by atoms with Crippen LogP contribution in [-0.2, 0) is 40.4 Å². The van der Waals surface area contributed by atoms with E-state index >= 15 is 0 Å². The number of ether oxygens (including phenoxy) is 2. The number of rotatable bonds is 24. The summed E-state index contributed by atoms with van der Waals surface area (Å²) in [5, 5.41) is 10.3. The number of anilines is 2. The van der Waals surface area contributed by atoms with Gasteiger partial charge in [-0.25, -0.2) is 15.0 Å². The summed E-state index contributed by atoms with van der Waals surface area (Å²) in [4.78, 5) is 106. The summed E-state index contributed by atoms with van der Waals surface area (Å²) in [7, 11) is 6.16. The smallest absolute Gasteiger partial charge is 0.276 e. The fourth-order valence-corrected chi connectivity index (χ4v) is 8.67. The number of imidazole rings is 2. The van der Waals surface area contributed by atoms with Crippen molar-refractivity contribution >= 4 is 100 Å². The summed E-state index contributed by atoms with van der Waals surface area (Å²) in [6.45, 7) is 24.7. The Balaban J connectivity index is 0.00000303. The number of hydrogen-bond donors (Lipinski definition) is 5. The van der Waals surface area contributed by atoms with Crippen LogP contribution in [0.2, 0.25) is 0 Å². The number of fused-ring (bicyclic) bond motifs is 2. The lowest BCUT2D eigenvalue weighted by atomic mass is 10.1. The molecule has 0 aliphatic carbocycles. The van der Waals surface area contributed by atoms with E-state index in [1.807, 2.05) is 88.3 Å². The number of aryl methyl sites for hydroxylation is 4. The van der Waals surface area contributed by atoms with Crippen molar-refractivity contribution in [3.63, 3.8) is 0 Å². The molecule has 440 valence electrons. The molecule has 0 bridgehead atoms. The number of nitrogens with one attached hydrogen (secondary N) is 2. The summed E-state index contributed by atoms with van der Waals surface area (Å²) >= 11 is 5.32. The van der Waals surface area contributed by atoms with Crippen molar-refractivity contribution < 1.29 is 43.0 Å². The van der Waals surface area contributed by atoms with Gasteiger partial charge < -0.3 is 44.7 Å². The van der Waals surface area contributed by atoms with Crippen LogP contribution in [0, 0.1) is 13.8 Å². The maximum Gasteiger partial charge on any atom is 0.276 e. The zero-order valence-corrected chi connectivity index (χ0v) is 51.3. The molecule has 6 aromatic rings. The van der Waals surface area contributed by atoms with Gasteiger partial charge in [-0.3, -0.25) is 44.1 Å². The molecule has 4 aromatic heterocycles. The van der Waals surface area contributed by atoms with Gasteiger partial charge in [0.25, 0.3) is 11.8 Å². The predicted molar refractivity (Wildman–Crippen MR) is 323 cm³/mol. The zero-order valence-electron chi connectivity index (χ0n) is 49.6. The van der Waals surface area contributed by atoms with Crippen molar-refractivity contribution in [2.24, 2.45) is 11.5 Å². The molecule has 0 saturated carbocycles. The SMILES string of the molecule is CC.CC.CC.CC.CCc1nc(C)sc1C(=O)Nc1nc2cc(C=O)cc(OCCCN(C)C(=O)CCN(C)C(=O)CC(S)C=O)c2n1C/C=C/Cn1c(NC(=O)c2cc(C)nn2CC)nc2cc(C(N)=O)cc(OC)c21.CN. The van der Waals surface area contributed by atoms with E-state index in [0.717, 1.165) is 5.01 Å². The molecule has 6 rings (SSSR count). The average Bonchev–Trinajstić information content (AvgIpc) is 4.26. The van der Waals surface area contributed by atoms with Crippen LogP contribution in [0.4, 0.5) is 11.9 Å². The largest absolute Gasteiger partial charge is 0.494 e. The van der Waals surface area contributed by atoms with Crippen molar-refractivity contribution in [3.8, 4) is 11.5 Å². The van der Waals surface area contributed by atoms with Gasteiger partial charge in [0, 0.05) is 70.8 Å². The van der Waals surface area contributed by atoms with E-state index in [0.29, 0.717) is 94.0 Å². The van der Waals surface area contributed by atoms with Crippen LogP contribution in [0.1, 0.15) is 146 Å². The van der Waals surface area contributed by atoms with Crippen LogP contribution < -0.4 is 31.6 Å². The molecule has 6 N–H and O–H groups in total. The molecule has 24 heteroatoms. The van der Waals surface area contributed by atoms with Gasteiger partial charge >= 0.3 is 0 Å². The summed E-state index contributed by atoms with van der Waals surface area (Å²) in [6.07, 6.45) is 5.85. The third-order valence-corrected chi connectivity index (χ3v) is 12.5. The van der Waals surface area contributed by atoms with Crippen molar-refractivity contribution in [2.75, 3.05) is 58.6 Å². The van der Waals surface area contributed by atoms with Crippen molar-refractivity contribution in [2.45, 2.75) is 134 Å². The van der Waals surface area contributed by atoms with Crippen LogP contribution in [0.15, 0.2) is 42.5 Å². The minimum Gasteiger partial charge on any atom is -0.494 e. The Kier molecular flexibility index (Phi) is 32.4. The standard InChI is InChI=1S/C47H56N12O9S2.4C2H6.CH5N/c1-8-32-42(70-28(4)49-32)45(66)53-47-50-33-20-29(25-60)21-37(68-18-12-14-55(5)38(62)13-17-56(6)39(63)24-31(69)26-61)41(33)58(47)16-11-10-15-57-40-34(22-30(43(48)64)23-36(40)67-7)51-46(57)52-44(65)35-19-27(3)54-59(35)9-2;5*1-2/h10-11,19-23,25-26,31,69H,8-9,12-18,24H2,1-7H3,(H2,48,64)(H,50,53,66)(H,51,52,65);4*1-2H3;2H2,1H3/b11-10+;;;;;. The highest BCUT2D eigenvalue weighted by molar-refractivity contribution is 7.81. The number of primary amides is 1. The Morgan fingerprint density at radius 2 is 1.34 bits per heavy atom. The number of allylic oxidation sites excluding steroid dienone is 2. The van der Waals surface area contributed by atoms with Crippen LogP contribution >= 0.6 is 24.0 Å². The monoisotopic (exact) mass is 1150 g/mol. The van der Waals surface area contributed by atoms with Gasteiger partial charge in [-0.1, -0.05) is 74.5 Å². The molecule has 80 heavy (non-hydrogen) atoms. The van der Waals surface area contributed by atoms with Crippen LogP contribution in [0.25, 0.3) is 22.1 Å². The summed E-state index contributed by atoms with van der Waals surface area (Å²) in [5.74, 6) is -1.13. The molecule has 0 aliphatic rings. The van der Waals surface area contributed by atoms with Gasteiger partial charge in [-0.15, -0.1) is 11.3 Å². The van der Waals surface area contributed by atoms with Crippen molar-refractivity contribution in [1.82, 2.24) is 43.7 Å². The van der Waals surface area contributed by atoms with Gasteiger partial charge in [0.1, 0.15) is 45.7 Å². The lowest BCUT2D eigenvalue weighted by Gasteiger charge is -2.21. The molecule has 0 spiro atoms. The number of carbonyl (C=O) groups excluding carboxylic acids is 7. The average molecular weight is 1150 g/mol. The maximum atomic E-state index is 13.9. The third-order valence-electron chi connectivity index (χ3n) is 11.2. The minimum atomic E-state index is -0.714. The van der Waals surface area contributed by atoms with E-state index < -0.39 is 23.0 Å². The first kappa shape index (κ1) is 70.6. The van der Waals surface area contributed by atoms with E-state index in [2.05, 4.69) is 39.1 Å². The molecule has 2 aromatic carbocycles. The second-order valence-electron chi connectivity index (χ2n) is 16.2. The quantitative estimate of drug-likeness (QED) is 0.0164. The summed E-state index contributed by atoms with van der Waals surface area (Å²) in [6, 6.07) is 7.86. The lowest BCUT2D eigenvalue weighted by Crippen LogP contribution is -2.35. The summed E-state index contributed by atoms with van der Waals surface area (Å²) < 4.78 is 17.1. The van der Waals surface area contributed by atoms with E-state index in [1.165, 1.54) is 47.4 Å². The number of carbonyl (C=O) groups is 7. The number of nitrogens with zero attached hydrogens (tertiary/aromatic N) is 9. The number of hydrogen-bond acceptors (Lipinski definition) is 16. The number of amides is 5. The number of aldehydes is 2. The Labute approximate surface area is 480 Å². The molecule has 1 atom stereocenters. The Hall–Kier alpha value is -7.44.